The van der Waals surface area contributed by atoms with Gasteiger partial charge >= 0.3 is 0 Å². The molecule has 3 amide bonds. The highest BCUT2D eigenvalue weighted by molar-refractivity contribution is 5.95. The van der Waals surface area contributed by atoms with E-state index in [1.165, 1.54) is 0 Å². The number of benzene rings is 1. The summed E-state index contributed by atoms with van der Waals surface area (Å²) in [6, 6.07) is 7.70. The molecule has 0 aliphatic carbocycles. The molecule has 1 aromatic carbocycles. The molecule has 0 radical (unpaired) electrons. The van der Waals surface area contributed by atoms with Crippen LogP contribution in [0.4, 0.5) is 0 Å². The van der Waals surface area contributed by atoms with Crippen molar-refractivity contribution in [2.75, 3.05) is 20.6 Å². The fourth-order valence-corrected chi connectivity index (χ4v) is 5.57. The Bertz CT molecular complexity index is 1070. The van der Waals surface area contributed by atoms with Crippen molar-refractivity contribution in [1.82, 2.24) is 20.4 Å². The predicted octanol–water partition coefficient (Wildman–Crippen LogP) is 3.70. The normalized spacial score (nSPS) is 18.7. The number of carbonyl (C=O) groups is 4. The van der Waals surface area contributed by atoms with Crippen molar-refractivity contribution >= 4 is 24.0 Å². The maximum Gasteiger partial charge on any atom is 0.249 e. The second kappa shape index (κ2) is 13.6. The molecule has 1 aliphatic rings. The van der Waals surface area contributed by atoms with E-state index in [2.05, 4.69) is 10.6 Å². The molecule has 40 heavy (non-hydrogen) atoms. The van der Waals surface area contributed by atoms with Crippen LogP contribution >= 0.6 is 0 Å². The summed E-state index contributed by atoms with van der Waals surface area (Å²) in [5.41, 5.74) is 0.412. The van der Waals surface area contributed by atoms with E-state index in [1.807, 2.05) is 84.9 Å². The van der Waals surface area contributed by atoms with Crippen LogP contribution in [0.2, 0.25) is 0 Å². The van der Waals surface area contributed by atoms with Crippen molar-refractivity contribution in [3.05, 3.63) is 47.5 Å². The van der Waals surface area contributed by atoms with Gasteiger partial charge in [-0.05, 0) is 43.7 Å². The average Bonchev–Trinajstić information content (AvgIpc) is 3.38. The molecule has 1 saturated heterocycles. The topological polar surface area (TPSA) is 98.8 Å². The van der Waals surface area contributed by atoms with Crippen molar-refractivity contribution in [3.63, 3.8) is 0 Å². The molecule has 222 valence electrons. The van der Waals surface area contributed by atoms with E-state index in [0.717, 1.165) is 18.3 Å². The Labute approximate surface area is 240 Å². The molecule has 3 unspecified atom stereocenters. The first-order chi connectivity index (χ1) is 18.6. The summed E-state index contributed by atoms with van der Waals surface area (Å²) in [4.78, 5) is 55.6. The summed E-state index contributed by atoms with van der Waals surface area (Å²) in [5.74, 6) is -0.650. The van der Waals surface area contributed by atoms with Crippen LogP contribution in [0.25, 0.3) is 0 Å². The minimum atomic E-state index is -0.795. The van der Waals surface area contributed by atoms with Crippen LogP contribution in [0.5, 0.6) is 0 Å². The molecule has 2 N–H and O–H groups in total. The number of aldehydes is 1. The van der Waals surface area contributed by atoms with E-state index in [0.29, 0.717) is 18.5 Å². The number of carbonyl (C=O) groups excluding carboxylic acids is 4. The number of amides is 3. The van der Waals surface area contributed by atoms with Gasteiger partial charge in [0.1, 0.15) is 12.3 Å². The summed E-state index contributed by atoms with van der Waals surface area (Å²) in [7, 11) is 3.48. The minimum absolute atomic E-state index is 0.00976. The Morgan fingerprint density at radius 2 is 1.65 bits per heavy atom. The smallest absolute Gasteiger partial charge is 0.249 e. The van der Waals surface area contributed by atoms with Gasteiger partial charge < -0.3 is 25.2 Å². The highest BCUT2D eigenvalue weighted by Crippen LogP contribution is 2.29. The summed E-state index contributed by atoms with van der Waals surface area (Å²) in [6.07, 6.45) is 4.13. The third-order valence-electron chi connectivity index (χ3n) is 8.14. The van der Waals surface area contributed by atoms with Crippen molar-refractivity contribution < 1.29 is 19.2 Å². The third-order valence-corrected chi connectivity index (χ3v) is 8.14. The van der Waals surface area contributed by atoms with Gasteiger partial charge in [-0.1, -0.05) is 84.9 Å². The lowest BCUT2D eigenvalue weighted by molar-refractivity contribution is -0.141. The number of nitrogens with zero attached hydrogens (tertiary/aromatic N) is 2. The molecule has 2 rings (SSSR count). The van der Waals surface area contributed by atoms with Gasteiger partial charge in [-0.15, -0.1) is 0 Å². The van der Waals surface area contributed by atoms with E-state index in [4.69, 9.17) is 0 Å². The molecule has 1 aliphatic heterocycles. The summed E-state index contributed by atoms with van der Waals surface area (Å²) >= 11 is 0. The quantitative estimate of drug-likeness (QED) is 0.321. The summed E-state index contributed by atoms with van der Waals surface area (Å²) in [5, 5.41) is 6.23. The molecule has 8 heteroatoms. The molecule has 8 nitrogen and oxygen atoms in total. The molecule has 0 spiro atoms. The molecule has 0 bridgehead atoms. The van der Waals surface area contributed by atoms with Crippen molar-refractivity contribution in [2.45, 2.75) is 97.8 Å². The standard InChI is InChI=1S/C32H50N4O4/c1-21(2)25(19-22(3)29(39)36-18-14-17-24(36)20-37)35(10)30(40)27(31(4,5)6)34-28(38)26(33-9)32(7,8)23-15-12-11-13-16-23/h11-13,15-16,19-21,24-27,33H,14,17-18H2,1-10H3,(H,34,38)/b22-19+/t24-,25?,26?,27?/m0/s1. The van der Waals surface area contributed by atoms with Gasteiger partial charge in [0.15, 0.2) is 0 Å². The first-order valence-electron chi connectivity index (χ1n) is 14.3. The highest BCUT2D eigenvalue weighted by Gasteiger charge is 2.41. The van der Waals surface area contributed by atoms with Crippen LogP contribution in [-0.2, 0) is 24.6 Å². The number of hydrogen-bond acceptors (Lipinski definition) is 5. The number of hydrogen-bond donors (Lipinski definition) is 2. The van der Waals surface area contributed by atoms with Crippen LogP contribution in [0.15, 0.2) is 42.0 Å². The molecule has 4 atom stereocenters. The molecular weight excluding hydrogens is 504 g/mol. The minimum Gasteiger partial charge on any atom is -0.342 e. The SMILES string of the molecule is CNC(C(=O)NC(C(=O)N(C)C(/C=C(\C)C(=O)N1CCC[C@H]1C=O)C(C)C)C(C)(C)C)C(C)(C)c1ccccc1. The molecule has 1 heterocycles. The van der Waals surface area contributed by atoms with Gasteiger partial charge in [0.2, 0.25) is 17.7 Å². The van der Waals surface area contributed by atoms with Gasteiger partial charge in [0.25, 0.3) is 0 Å². The lowest BCUT2D eigenvalue weighted by Crippen LogP contribution is -2.61. The predicted molar refractivity (Wildman–Crippen MR) is 160 cm³/mol. The summed E-state index contributed by atoms with van der Waals surface area (Å²) in [6.45, 7) is 16.1. The average molecular weight is 555 g/mol. The second-order valence-electron chi connectivity index (χ2n) is 13.0. The van der Waals surface area contributed by atoms with Crippen LogP contribution in [0.3, 0.4) is 0 Å². The number of likely N-dealkylation sites (N-methyl/N-ethyl adjacent to an activating group) is 2. The Morgan fingerprint density at radius 1 is 1.05 bits per heavy atom. The molecular formula is C32H50N4O4. The first-order valence-corrected chi connectivity index (χ1v) is 14.3. The van der Waals surface area contributed by atoms with Crippen LogP contribution in [0.1, 0.15) is 73.8 Å². The zero-order valence-electron chi connectivity index (χ0n) is 26.1. The van der Waals surface area contributed by atoms with Crippen molar-refractivity contribution in [2.24, 2.45) is 11.3 Å². The lowest BCUT2D eigenvalue weighted by Gasteiger charge is -2.40. The van der Waals surface area contributed by atoms with Gasteiger partial charge in [0.05, 0.1) is 18.1 Å². The second-order valence-corrected chi connectivity index (χ2v) is 13.0. The first kappa shape index (κ1) is 33.2. The van der Waals surface area contributed by atoms with Gasteiger partial charge in [0, 0.05) is 24.6 Å². The maximum absolute atomic E-state index is 14.0. The Kier molecular flexibility index (Phi) is 11.3. The fourth-order valence-electron chi connectivity index (χ4n) is 5.57. The number of likely N-dealkylation sites (tertiary alicyclic amines) is 1. The van der Waals surface area contributed by atoms with Crippen molar-refractivity contribution in [1.29, 1.82) is 0 Å². The van der Waals surface area contributed by atoms with Gasteiger partial charge in [-0.25, -0.2) is 0 Å². The van der Waals surface area contributed by atoms with E-state index in [-0.39, 0.29) is 29.7 Å². The van der Waals surface area contributed by atoms with E-state index in [1.54, 1.807) is 30.8 Å². The van der Waals surface area contributed by atoms with Gasteiger partial charge in [-0.2, -0.15) is 0 Å². The maximum atomic E-state index is 14.0. The fraction of sp³-hybridized carbons (Fsp3) is 0.625. The Hall–Kier alpha value is -3.00. The van der Waals surface area contributed by atoms with Crippen molar-refractivity contribution in [3.8, 4) is 0 Å². The zero-order chi connectivity index (χ0) is 30.4. The molecule has 1 aromatic rings. The largest absolute Gasteiger partial charge is 0.342 e. The number of rotatable bonds is 11. The Morgan fingerprint density at radius 3 is 2.15 bits per heavy atom. The third kappa shape index (κ3) is 7.59. The zero-order valence-corrected chi connectivity index (χ0v) is 26.1. The molecule has 0 saturated carbocycles. The van der Waals surface area contributed by atoms with Crippen LogP contribution in [0, 0.1) is 11.3 Å². The number of nitrogens with one attached hydrogen (secondary N) is 2. The van der Waals surface area contributed by atoms with Gasteiger partial charge in [-0.3, -0.25) is 14.4 Å². The lowest BCUT2D eigenvalue weighted by atomic mass is 9.76. The monoisotopic (exact) mass is 554 g/mol. The van der Waals surface area contributed by atoms with E-state index in [9.17, 15) is 19.2 Å². The van der Waals surface area contributed by atoms with E-state index < -0.39 is 29.0 Å². The highest BCUT2D eigenvalue weighted by atomic mass is 16.2. The molecule has 0 aromatic heterocycles. The Balaban J connectivity index is 2.33. The summed E-state index contributed by atoms with van der Waals surface area (Å²) < 4.78 is 0. The van der Waals surface area contributed by atoms with Crippen LogP contribution < -0.4 is 10.6 Å². The van der Waals surface area contributed by atoms with Crippen LogP contribution in [-0.4, -0.2) is 78.6 Å². The molecule has 1 fully saturated rings. The van der Waals surface area contributed by atoms with E-state index >= 15 is 0 Å².